The first-order valence-corrected chi connectivity index (χ1v) is 7.06. The van der Waals surface area contributed by atoms with Crippen molar-refractivity contribution in [1.29, 1.82) is 0 Å². The number of nitrogens with one attached hydrogen (secondary N) is 1. The summed E-state index contributed by atoms with van der Waals surface area (Å²) in [6.07, 6.45) is 1.94. The van der Waals surface area contributed by atoms with E-state index in [2.05, 4.69) is 41.2 Å². The van der Waals surface area contributed by atoms with E-state index in [1.165, 1.54) is 5.56 Å². The van der Waals surface area contributed by atoms with Crippen molar-refractivity contribution in [2.75, 3.05) is 18.5 Å². The highest BCUT2D eigenvalue weighted by Gasteiger charge is 2.08. The lowest BCUT2D eigenvalue weighted by Gasteiger charge is -2.18. The number of aryl methyl sites for hydroxylation is 1. The molecule has 4 heteroatoms. The zero-order valence-corrected chi connectivity index (χ0v) is 12.7. The van der Waals surface area contributed by atoms with Gasteiger partial charge in [0, 0.05) is 19.3 Å². The van der Waals surface area contributed by atoms with Gasteiger partial charge in [0.1, 0.15) is 17.3 Å². The van der Waals surface area contributed by atoms with E-state index in [9.17, 15) is 0 Å². The summed E-state index contributed by atoms with van der Waals surface area (Å²) in [5.41, 5.74) is 1.21. The second kappa shape index (κ2) is 6.57. The molecule has 0 fully saturated rings. The van der Waals surface area contributed by atoms with E-state index in [1.54, 1.807) is 0 Å². The van der Waals surface area contributed by atoms with Crippen molar-refractivity contribution in [3.05, 3.63) is 47.5 Å². The van der Waals surface area contributed by atoms with Gasteiger partial charge in [-0.3, -0.25) is 0 Å². The van der Waals surface area contributed by atoms with Gasteiger partial charge in [-0.2, -0.15) is 0 Å². The largest absolute Gasteiger partial charge is 0.464 e. The molecule has 1 N–H and O–H groups in total. The molecule has 0 aliphatic rings. The lowest BCUT2D eigenvalue weighted by atomic mass is 10.1. The number of rotatable bonds is 6. The molecule has 20 heavy (non-hydrogen) atoms. The van der Waals surface area contributed by atoms with Crippen LogP contribution in [0, 0.1) is 6.92 Å². The number of hydrogen-bond acceptors (Lipinski definition) is 4. The molecule has 0 saturated carbocycles. The first-order valence-electron chi connectivity index (χ1n) is 7.06. The van der Waals surface area contributed by atoms with Crippen molar-refractivity contribution in [3.63, 3.8) is 0 Å². The van der Waals surface area contributed by atoms with Gasteiger partial charge in [0.2, 0.25) is 0 Å². The maximum absolute atomic E-state index is 5.59. The van der Waals surface area contributed by atoms with E-state index in [4.69, 9.17) is 4.42 Å². The molecular weight excluding hydrogens is 250 g/mol. The van der Waals surface area contributed by atoms with Gasteiger partial charge in [-0.25, -0.2) is 4.98 Å². The number of pyridine rings is 1. The van der Waals surface area contributed by atoms with E-state index in [1.807, 2.05) is 32.3 Å². The van der Waals surface area contributed by atoms with Crippen LogP contribution in [-0.2, 0) is 6.54 Å². The Balaban J connectivity index is 2.01. The van der Waals surface area contributed by atoms with Gasteiger partial charge in [-0.1, -0.05) is 13.0 Å². The molecule has 0 radical (unpaired) electrons. The standard InChI is InChI=1S/C16H23N3O/c1-5-17-13(3)14-7-9-16(18-10-14)19(4)11-15-8-6-12(2)20-15/h6-10,13,17H,5,11H2,1-4H3. The number of nitrogens with zero attached hydrogens (tertiary/aromatic N) is 2. The Morgan fingerprint density at radius 3 is 2.65 bits per heavy atom. The zero-order chi connectivity index (χ0) is 14.5. The molecule has 4 nitrogen and oxygen atoms in total. The third kappa shape index (κ3) is 3.61. The lowest BCUT2D eigenvalue weighted by Crippen LogP contribution is -2.19. The predicted octanol–water partition coefficient (Wildman–Crippen LogP) is 3.29. The number of hydrogen-bond donors (Lipinski definition) is 1. The Hall–Kier alpha value is -1.81. The molecule has 2 rings (SSSR count). The minimum Gasteiger partial charge on any atom is -0.464 e. The molecule has 108 valence electrons. The fourth-order valence-corrected chi connectivity index (χ4v) is 2.19. The summed E-state index contributed by atoms with van der Waals surface area (Å²) < 4.78 is 5.59. The number of furan rings is 1. The Kier molecular flexibility index (Phi) is 4.79. The first kappa shape index (κ1) is 14.6. The molecule has 2 aromatic heterocycles. The van der Waals surface area contributed by atoms with Crippen LogP contribution in [0.4, 0.5) is 5.82 Å². The Bertz CT molecular complexity index is 533. The number of anilines is 1. The van der Waals surface area contributed by atoms with E-state index in [0.717, 1.165) is 30.4 Å². The molecule has 1 unspecified atom stereocenters. The van der Waals surface area contributed by atoms with E-state index >= 15 is 0 Å². The Morgan fingerprint density at radius 1 is 1.30 bits per heavy atom. The highest BCUT2D eigenvalue weighted by molar-refractivity contribution is 5.39. The van der Waals surface area contributed by atoms with Crippen molar-refractivity contribution in [1.82, 2.24) is 10.3 Å². The fourth-order valence-electron chi connectivity index (χ4n) is 2.19. The van der Waals surface area contributed by atoms with Crippen molar-refractivity contribution in [2.45, 2.75) is 33.4 Å². The van der Waals surface area contributed by atoms with Gasteiger partial charge < -0.3 is 14.6 Å². The molecule has 0 aliphatic heterocycles. The zero-order valence-electron chi connectivity index (χ0n) is 12.7. The van der Waals surface area contributed by atoms with Crippen LogP contribution in [0.25, 0.3) is 0 Å². The highest BCUT2D eigenvalue weighted by atomic mass is 16.3. The second-order valence-electron chi connectivity index (χ2n) is 5.10. The van der Waals surface area contributed by atoms with Crippen molar-refractivity contribution in [3.8, 4) is 0 Å². The second-order valence-corrected chi connectivity index (χ2v) is 5.10. The van der Waals surface area contributed by atoms with Crippen molar-refractivity contribution in [2.24, 2.45) is 0 Å². The SMILES string of the molecule is CCNC(C)c1ccc(N(C)Cc2ccc(C)o2)nc1. The topological polar surface area (TPSA) is 41.3 Å². The van der Waals surface area contributed by atoms with Gasteiger partial charge in [-0.05, 0) is 44.2 Å². The summed E-state index contributed by atoms with van der Waals surface area (Å²) in [4.78, 5) is 6.61. The normalized spacial score (nSPS) is 12.4. The minimum atomic E-state index is 0.333. The van der Waals surface area contributed by atoms with Crippen molar-refractivity contribution >= 4 is 5.82 Å². The fraction of sp³-hybridized carbons (Fsp3) is 0.438. The molecule has 2 heterocycles. The van der Waals surface area contributed by atoms with Gasteiger partial charge >= 0.3 is 0 Å². The van der Waals surface area contributed by atoms with Gasteiger partial charge in [0.05, 0.1) is 6.54 Å². The quantitative estimate of drug-likeness (QED) is 0.877. The maximum atomic E-state index is 5.59. The molecule has 1 atom stereocenters. The minimum absolute atomic E-state index is 0.333. The average molecular weight is 273 g/mol. The average Bonchev–Trinajstić information content (AvgIpc) is 2.84. The molecule has 0 spiro atoms. The molecule has 0 aromatic carbocycles. The monoisotopic (exact) mass is 273 g/mol. The lowest BCUT2D eigenvalue weighted by molar-refractivity contribution is 0.481. The van der Waals surface area contributed by atoms with E-state index in [0.29, 0.717) is 6.04 Å². The molecule has 0 bridgehead atoms. The van der Waals surface area contributed by atoms with Crippen LogP contribution in [0.2, 0.25) is 0 Å². The summed E-state index contributed by atoms with van der Waals surface area (Å²) in [6, 6.07) is 8.50. The van der Waals surface area contributed by atoms with Gasteiger partial charge in [0.15, 0.2) is 0 Å². The Labute approximate surface area is 120 Å². The highest BCUT2D eigenvalue weighted by Crippen LogP contribution is 2.17. The first-order chi connectivity index (χ1) is 9.60. The predicted molar refractivity (Wildman–Crippen MR) is 81.9 cm³/mol. The van der Waals surface area contributed by atoms with Crippen LogP contribution in [-0.4, -0.2) is 18.6 Å². The maximum Gasteiger partial charge on any atom is 0.128 e. The molecule has 0 amide bonds. The molecular formula is C16H23N3O. The van der Waals surface area contributed by atoms with Crippen LogP contribution in [0.3, 0.4) is 0 Å². The van der Waals surface area contributed by atoms with Gasteiger partial charge in [0.25, 0.3) is 0 Å². The molecule has 2 aromatic rings. The summed E-state index contributed by atoms with van der Waals surface area (Å²) in [7, 11) is 2.02. The summed E-state index contributed by atoms with van der Waals surface area (Å²) in [6.45, 7) is 7.90. The summed E-state index contributed by atoms with van der Waals surface area (Å²) in [5, 5.41) is 3.38. The van der Waals surface area contributed by atoms with Crippen LogP contribution in [0.5, 0.6) is 0 Å². The Morgan fingerprint density at radius 2 is 2.10 bits per heavy atom. The summed E-state index contributed by atoms with van der Waals surface area (Å²) in [5.74, 6) is 2.85. The van der Waals surface area contributed by atoms with Crippen LogP contribution in [0.15, 0.2) is 34.9 Å². The molecule has 0 saturated heterocycles. The third-order valence-electron chi connectivity index (χ3n) is 3.36. The van der Waals surface area contributed by atoms with Crippen molar-refractivity contribution < 1.29 is 4.42 Å². The molecule has 0 aliphatic carbocycles. The van der Waals surface area contributed by atoms with E-state index in [-0.39, 0.29) is 0 Å². The van der Waals surface area contributed by atoms with Crippen LogP contribution in [0.1, 0.15) is 37.0 Å². The third-order valence-corrected chi connectivity index (χ3v) is 3.36. The van der Waals surface area contributed by atoms with Crippen LogP contribution >= 0.6 is 0 Å². The summed E-state index contributed by atoms with van der Waals surface area (Å²) >= 11 is 0. The smallest absolute Gasteiger partial charge is 0.128 e. The van der Waals surface area contributed by atoms with Gasteiger partial charge in [-0.15, -0.1) is 0 Å². The van der Waals surface area contributed by atoms with E-state index < -0.39 is 0 Å². The number of aromatic nitrogens is 1. The van der Waals surface area contributed by atoms with Crippen LogP contribution < -0.4 is 10.2 Å².